The van der Waals surface area contributed by atoms with Crippen molar-refractivity contribution in [2.45, 2.75) is 18.2 Å². The molecule has 2 heterocycles. The van der Waals surface area contributed by atoms with Crippen LogP contribution in [0.1, 0.15) is 23.3 Å². The molecule has 1 atom stereocenters. The number of fused-ring (bicyclic) bond motifs is 2. The molecule has 1 amide bonds. The van der Waals surface area contributed by atoms with E-state index >= 15 is 0 Å². The van der Waals surface area contributed by atoms with Crippen LogP contribution in [-0.4, -0.2) is 40.5 Å². The molecule has 4 rings (SSSR count). The average molecular weight is 353 g/mol. The third-order valence-electron chi connectivity index (χ3n) is 4.57. The quantitative estimate of drug-likeness (QED) is 0.887. The zero-order valence-corrected chi connectivity index (χ0v) is 14.7. The van der Waals surface area contributed by atoms with Gasteiger partial charge in [0.15, 0.2) is 5.78 Å². The van der Waals surface area contributed by atoms with Crippen LogP contribution in [-0.2, 0) is 4.79 Å². The molecule has 2 N–H and O–H groups in total. The summed E-state index contributed by atoms with van der Waals surface area (Å²) >= 11 is 1.70. The SMILES string of the molecule is CN1C2=CCC(=O)C=C2SC1CCNC(=O)c1cc2ccccc2[nH]1. The van der Waals surface area contributed by atoms with Gasteiger partial charge in [-0.2, -0.15) is 0 Å². The third kappa shape index (κ3) is 3.09. The van der Waals surface area contributed by atoms with Crippen molar-refractivity contribution < 1.29 is 9.59 Å². The van der Waals surface area contributed by atoms with Crippen molar-refractivity contribution in [1.29, 1.82) is 0 Å². The lowest BCUT2D eigenvalue weighted by Crippen LogP contribution is -2.30. The van der Waals surface area contributed by atoms with Gasteiger partial charge in [0.1, 0.15) is 5.69 Å². The predicted molar refractivity (Wildman–Crippen MR) is 100 cm³/mol. The molecule has 6 heteroatoms. The van der Waals surface area contributed by atoms with Crippen molar-refractivity contribution in [3.8, 4) is 0 Å². The van der Waals surface area contributed by atoms with Crippen LogP contribution >= 0.6 is 11.8 Å². The molecule has 0 spiro atoms. The molecule has 1 aliphatic carbocycles. The second-order valence-corrected chi connectivity index (χ2v) is 7.49. The number of rotatable bonds is 4. The topological polar surface area (TPSA) is 65.2 Å². The van der Waals surface area contributed by atoms with Crippen LogP contribution in [0.15, 0.2) is 53.1 Å². The van der Waals surface area contributed by atoms with E-state index in [1.165, 1.54) is 0 Å². The highest BCUT2D eigenvalue weighted by Gasteiger charge is 2.31. The van der Waals surface area contributed by atoms with Gasteiger partial charge in [-0.05, 0) is 24.6 Å². The highest BCUT2D eigenvalue weighted by molar-refractivity contribution is 8.04. The maximum atomic E-state index is 12.3. The number of hydrogen-bond acceptors (Lipinski definition) is 4. The number of aromatic amines is 1. The van der Waals surface area contributed by atoms with Crippen LogP contribution in [0, 0.1) is 0 Å². The number of benzene rings is 1. The van der Waals surface area contributed by atoms with Crippen molar-refractivity contribution in [1.82, 2.24) is 15.2 Å². The normalized spacial score (nSPS) is 19.6. The van der Waals surface area contributed by atoms with Crippen molar-refractivity contribution in [3.05, 3.63) is 58.8 Å². The van der Waals surface area contributed by atoms with Gasteiger partial charge >= 0.3 is 0 Å². The fourth-order valence-corrected chi connectivity index (χ4v) is 4.57. The average Bonchev–Trinajstić information content (AvgIpc) is 3.16. The van der Waals surface area contributed by atoms with E-state index in [0.717, 1.165) is 27.9 Å². The second kappa shape index (κ2) is 6.44. The Morgan fingerprint density at radius 1 is 1.40 bits per heavy atom. The fraction of sp³-hybridized carbons (Fsp3) is 0.263. The number of aromatic nitrogens is 1. The standard InChI is InChI=1S/C19H19N3O2S/c1-22-16-7-6-13(23)11-17(16)25-18(22)8-9-20-19(24)15-10-12-4-2-3-5-14(12)21-15/h2-5,7,10-11,18,21H,6,8-9H2,1H3,(H,20,24). The van der Waals surface area contributed by atoms with E-state index in [1.54, 1.807) is 17.8 Å². The molecule has 2 aromatic rings. The number of nitrogens with one attached hydrogen (secondary N) is 2. The van der Waals surface area contributed by atoms with Crippen molar-refractivity contribution >= 4 is 34.4 Å². The number of carbonyl (C=O) groups excluding carboxylic acids is 2. The molecule has 1 aromatic carbocycles. The summed E-state index contributed by atoms with van der Waals surface area (Å²) in [5.41, 5.74) is 2.68. The first-order chi connectivity index (χ1) is 12.1. The molecule has 0 saturated carbocycles. The lowest BCUT2D eigenvalue weighted by molar-refractivity contribution is -0.114. The molecule has 25 heavy (non-hydrogen) atoms. The molecule has 0 bridgehead atoms. The van der Waals surface area contributed by atoms with Gasteiger partial charge in [0, 0.05) is 41.5 Å². The van der Waals surface area contributed by atoms with Gasteiger partial charge < -0.3 is 15.2 Å². The number of allylic oxidation sites excluding steroid dienone is 2. The van der Waals surface area contributed by atoms with Crippen LogP contribution < -0.4 is 5.32 Å². The lowest BCUT2D eigenvalue weighted by atomic mass is 10.1. The number of hydrogen-bond donors (Lipinski definition) is 2. The second-order valence-electron chi connectivity index (χ2n) is 6.27. The Labute approximate surface area is 150 Å². The molecular formula is C19H19N3O2S. The maximum Gasteiger partial charge on any atom is 0.267 e. The first-order valence-corrected chi connectivity index (χ1v) is 9.20. The molecule has 1 aliphatic heterocycles. The zero-order valence-electron chi connectivity index (χ0n) is 13.9. The van der Waals surface area contributed by atoms with Gasteiger partial charge in [0.25, 0.3) is 5.91 Å². The summed E-state index contributed by atoms with van der Waals surface area (Å²) in [6, 6.07) is 9.72. The number of H-pyrrole nitrogens is 1. The third-order valence-corrected chi connectivity index (χ3v) is 5.97. The number of para-hydroxylation sites is 1. The van der Waals surface area contributed by atoms with Crippen LogP contribution in [0.4, 0.5) is 0 Å². The Bertz CT molecular complexity index is 879. The number of nitrogens with zero attached hydrogens (tertiary/aromatic N) is 1. The van der Waals surface area contributed by atoms with Gasteiger partial charge in [-0.25, -0.2) is 0 Å². The Morgan fingerprint density at radius 3 is 3.08 bits per heavy atom. The molecule has 0 radical (unpaired) electrons. The number of ketones is 1. The van der Waals surface area contributed by atoms with Gasteiger partial charge in [-0.15, -0.1) is 0 Å². The molecule has 2 aliphatic rings. The summed E-state index contributed by atoms with van der Waals surface area (Å²) in [5, 5.41) is 4.26. The lowest BCUT2D eigenvalue weighted by Gasteiger charge is -2.21. The van der Waals surface area contributed by atoms with E-state index in [9.17, 15) is 9.59 Å². The fourth-order valence-electron chi connectivity index (χ4n) is 3.22. The smallest absolute Gasteiger partial charge is 0.267 e. The Balaban J connectivity index is 1.35. The number of amides is 1. The Hall–Kier alpha value is -2.47. The highest BCUT2D eigenvalue weighted by Crippen LogP contribution is 2.43. The van der Waals surface area contributed by atoms with Crippen LogP contribution in [0.5, 0.6) is 0 Å². The highest BCUT2D eigenvalue weighted by atomic mass is 32.2. The van der Waals surface area contributed by atoms with Gasteiger partial charge in [0.05, 0.1) is 5.37 Å². The minimum absolute atomic E-state index is 0.0899. The first kappa shape index (κ1) is 16.0. The summed E-state index contributed by atoms with van der Waals surface area (Å²) in [7, 11) is 2.04. The molecule has 128 valence electrons. The predicted octanol–water partition coefficient (Wildman–Crippen LogP) is 3.03. The number of likely N-dealkylation sites (N-methyl/N-ethyl adjacent to an activating group) is 1. The summed E-state index contributed by atoms with van der Waals surface area (Å²) in [6.45, 7) is 0.588. The van der Waals surface area contributed by atoms with E-state index in [-0.39, 0.29) is 17.1 Å². The minimum atomic E-state index is -0.0899. The monoisotopic (exact) mass is 353 g/mol. The number of carbonyl (C=O) groups is 2. The molecule has 1 aromatic heterocycles. The van der Waals surface area contributed by atoms with E-state index in [4.69, 9.17) is 0 Å². The zero-order chi connectivity index (χ0) is 17.4. The van der Waals surface area contributed by atoms with Gasteiger partial charge in [-0.3, -0.25) is 9.59 Å². The van der Waals surface area contributed by atoms with Crippen molar-refractivity contribution in [2.24, 2.45) is 0 Å². The molecule has 1 saturated heterocycles. The summed E-state index contributed by atoms with van der Waals surface area (Å²) < 4.78 is 0. The number of thioether (sulfide) groups is 1. The first-order valence-electron chi connectivity index (χ1n) is 8.32. The van der Waals surface area contributed by atoms with Gasteiger partial charge in [0.2, 0.25) is 0 Å². The van der Waals surface area contributed by atoms with E-state index in [0.29, 0.717) is 18.7 Å². The maximum absolute atomic E-state index is 12.3. The summed E-state index contributed by atoms with van der Waals surface area (Å²) in [5.74, 6) is 0.0697. The van der Waals surface area contributed by atoms with Crippen LogP contribution in [0.2, 0.25) is 0 Å². The van der Waals surface area contributed by atoms with E-state index < -0.39 is 0 Å². The molecule has 1 unspecified atom stereocenters. The van der Waals surface area contributed by atoms with Gasteiger partial charge in [-0.1, -0.05) is 36.0 Å². The van der Waals surface area contributed by atoms with Crippen LogP contribution in [0.3, 0.4) is 0 Å². The van der Waals surface area contributed by atoms with Crippen LogP contribution in [0.25, 0.3) is 10.9 Å². The van der Waals surface area contributed by atoms with E-state index in [2.05, 4.69) is 15.2 Å². The summed E-state index contributed by atoms with van der Waals surface area (Å²) in [6.07, 6.45) is 5.02. The van der Waals surface area contributed by atoms with E-state index in [1.807, 2.05) is 43.5 Å². The molecule has 1 fully saturated rings. The minimum Gasteiger partial charge on any atom is -0.362 e. The molecular weight excluding hydrogens is 334 g/mol. The molecule has 5 nitrogen and oxygen atoms in total. The summed E-state index contributed by atoms with van der Waals surface area (Å²) in [4.78, 5) is 30.3. The Morgan fingerprint density at radius 2 is 2.24 bits per heavy atom. The largest absolute Gasteiger partial charge is 0.362 e. The van der Waals surface area contributed by atoms with Crippen molar-refractivity contribution in [2.75, 3.05) is 13.6 Å². The Kier molecular flexibility index (Phi) is 4.13. The van der Waals surface area contributed by atoms with Crippen molar-refractivity contribution in [3.63, 3.8) is 0 Å².